The summed E-state index contributed by atoms with van der Waals surface area (Å²) < 4.78 is 16.6. The molecule has 1 amide bonds. The summed E-state index contributed by atoms with van der Waals surface area (Å²) in [5.41, 5.74) is 6.66. The number of benzene rings is 1. The molecule has 0 bridgehead atoms. The highest BCUT2D eigenvalue weighted by Gasteiger charge is 2.30. The number of amides is 1. The largest absolute Gasteiger partial charge is 0.391 e. The van der Waals surface area contributed by atoms with Gasteiger partial charge in [-0.3, -0.25) is 9.36 Å². The van der Waals surface area contributed by atoms with E-state index >= 15 is 0 Å². The van der Waals surface area contributed by atoms with Gasteiger partial charge in [0.15, 0.2) is 5.65 Å². The van der Waals surface area contributed by atoms with E-state index in [0.717, 1.165) is 19.3 Å². The Kier molecular flexibility index (Phi) is 6.69. The smallest absolute Gasteiger partial charge is 0.225 e. The van der Waals surface area contributed by atoms with Crippen LogP contribution in [-0.4, -0.2) is 42.7 Å². The predicted octanol–water partition coefficient (Wildman–Crippen LogP) is 4.56. The van der Waals surface area contributed by atoms with E-state index in [1.165, 1.54) is 12.1 Å². The molecule has 1 aromatic carbocycles. The summed E-state index contributed by atoms with van der Waals surface area (Å²) in [4.78, 5) is 25.4. The number of carbonyl (C=O) groups excluding carboxylic acids is 1. The van der Waals surface area contributed by atoms with Crippen LogP contribution < -0.4 is 16.4 Å². The number of nitrogens with one attached hydrogen (secondary N) is 2. The van der Waals surface area contributed by atoms with Crippen LogP contribution in [0.3, 0.4) is 0 Å². The highest BCUT2D eigenvalue weighted by atomic mass is 35.5. The molecule has 0 spiro atoms. The van der Waals surface area contributed by atoms with Crippen molar-refractivity contribution in [1.29, 1.82) is 0 Å². The van der Waals surface area contributed by atoms with Crippen LogP contribution in [0.25, 0.3) is 11.2 Å². The molecule has 12 heteroatoms. The number of nitrogens with zero attached hydrogens (tertiary/aromatic N) is 4. The summed E-state index contributed by atoms with van der Waals surface area (Å²) in [6.45, 7) is 0. The van der Waals surface area contributed by atoms with Crippen molar-refractivity contribution < 1.29 is 14.3 Å². The van der Waals surface area contributed by atoms with Crippen LogP contribution in [0.1, 0.15) is 51.0 Å². The topological polar surface area (TPSA) is 131 Å². The summed E-state index contributed by atoms with van der Waals surface area (Å²) >= 11 is 12.2. The number of anilines is 3. The van der Waals surface area contributed by atoms with E-state index in [-0.39, 0.29) is 39.6 Å². The number of hydrogen-bond acceptors (Lipinski definition) is 7. The van der Waals surface area contributed by atoms with E-state index in [1.54, 1.807) is 6.20 Å². The Morgan fingerprint density at radius 2 is 1.91 bits per heavy atom. The molecule has 5 N–H and O–H groups in total. The van der Waals surface area contributed by atoms with Gasteiger partial charge >= 0.3 is 0 Å². The number of primary amides is 1. The molecular formula is C23H26Cl2FN7O2. The SMILES string of the molecule is NC(=O)C1CCC(n2c(Nc3c(F)cc(Cl)cc3Cl)nc3cnc(NC4CCC[C@H]4O)nc32)CC1. The van der Waals surface area contributed by atoms with Gasteiger partial charge in [0.1, 0.15) is 11.3 Å². The number of aliphatic hydroxyl groups is 1. The molecule has 2 aliphatic carbocycles. The van der Waals surface area contributed by atoms with Crippen molar-refractivity contribution in [2.45, 2.75) is 63.1 Å². The van der Waals surface area contributed by atoms with Crippen LogP contribution in [-0.2, 0) is 4.79 Å². The van der Waals surface area contributed by atoms with Crippen molar-refractivity contribution in [3.8, 4) is 0 Å². The number of carbonyl (C=O) groups is 1. The minimum absolute atomic E-state index is 0.0490. The van der Waals surface area contributed by atoms with Gasteiger partial charge in [-0.05, 0) is 57.1 Å². The standard InChI is InChI=1S/C23H26Cl2FN7O2/c24-12-8-14(25)19(15(26)9-12)31-23-30-17-10-28-22(29-16-2-1-3-18(16)34)32-21(17)33(23)13-6-4-11(5-7-13)20(27)35/h8-11,13,16,18,34H,1-7H2,(H2,27,35)(H,30,31)(H,28,29,32)/t11?,13?,16?,18-/m1/s1. The summed E-state index contributed by atoms with van der Waals surface area (Å²) in [7, 11) is 0. The van der Waals surface area contributed by atoms with Gasteiger partial charge in [0, 0.05) is 17.0 Å². The first-order valence-corrected chi connectivity index (χ1v) is 12.5. The normalized spacial score (nSPS) is 24.6. The maximum absolute atomic E-state index is 14.7. The average molecular weight is 522 g/mol. The minimum atomic E-state index is -0.609. The van der Waals surface area contributed by atoms with E-state index in [1.807, 2.05) is 4.57 Å². The minimum Gasteiger partial charge on any atom is -0.391 e. The van der Waals surface area contributed by atoms with Crippen LogP contribution in [0.2, 0.25) is 10.0 Å². The fourth-order valence-corrected chi connectivity index (χ4v) is 5.58. The number of aliphatic hydroxyl groups excluding tert-OH is 1. The first-order valence-electron chi connectivity index (χ1n) is 11.7. The molecule has 2 atom stereocenters. The van der Waals surface area contributed by atoms with Gasteiger partial charge in [-0.25, -0.2) is 14.4 Å². The van der Waals surface area contributed by atoms with Crippen LogP contribution in [0.15, 0.2) is 18.3 Å². The number of halogens is 3. The molecule has 0 aliphatic heterocycles. The Balaban J connectivity index is 1.54. The number of imidazole rings is 1. The van der Waals surface area contributed by atoms with Gasteiger partial charge in [0.05, 0.1) is 29.1 Å². The molecule has 186 valence electrons. The second kappa shape index (κ2) is 9.75. The van der Waals surface area contributed by atoms with Gasteiger partial charge in [0.2, 0.25) is 17.8 Å². The third kappa shape index (κ3) is 4.87. The zero-order valence-electron chi connectivity index (χ0n) is 18.8. The van der Waals surface area contributed by atoms with Gasteiger partial charge in [-0.1, -0.05) is 23.2 Å². The molecule has 2 saturated carbocycles. The molecule has 2 fully saturated rings. The summed E-state index contributed by atoms with van der Waals surface area (Å²) in [5.74, 6) is -0.328. The lowest BCUT2D eigenvalue weighted by Gasteiger charge is -2.29. The average Bonchev–Trinajstić information content (AvgIpc) is 3.38. The first kappa shape index (κ1) is 24.0. The van der Waals surface area contributed by atoms with Crippen molar-refractivity contribution >= 4 is 57.9 Å². The van der Waals surface area contributed by atoms with E-state index < -0.39 is 11.9 Å². The van der Waals surface area contributed by atoms with E-state index in [4.69, 9.17) is 33.9 Å². The highest BCUT2D eigenvalue weighted by molar-refractivity contribution is 6.36. The lowest BCUT2D eigenvalue weighted by atomic mass is 9.85. The van der Waals surface area contributed by atoms with Gasteiger partial charge in [0.25, 0.3) is 0 Å². The van der Waals surface area contributed by atoms with E-state index in [0.29, 0.717) is 48.7 Å². The monoisotopic (exact) mass is 521 g/mol. The van der Waals surface area contributed by atoms with Crippen LogP contribution in [0, 0.1) is 11.7 Å². The van der Waals surface area contributed by atoms with Crippen molar-refractivity contribution in [1.82, 2.24) is 19.5 Å². The molecule has 5 rings (SSSR count). The Morgan fingerprint density at radius 3 is 2.57 bits per heavy atom. The van der Waals surface area contributed by atoms with E-state index in [2.05, 4.69) is 20.6 Å². The van der Waals surface area contributed by atoms with Crippen LogP contribution in [0.4, 0.5) is 22.0 Å². The molecule has 2 aromatic heterocycles. The number of hydrogen-bond donors (Lipinski definition) is 4. The molecule has 1 unspecified atom stereocenters. The molecule has 35 heavy (non-hydrogen) atoms. The zero-order chi connectivity index (χ0) is 24.7. The lowest BCUT2D eigenvalue weighted by Crippen LogP contribution is -2.29. The van der Waals surface area contributed by atoms with Crippen LogP contribution >= 0.6 is 23.2 Å². The third-order valence-corrected chi connectivity index (χ3v) is 7.45. The zero-order valence-corrected chi connectivity index (χ0v) is 20.4. The number of nitrogens with two attached hydrogens (primary N) is 1. The third-order valence-electron chi connectivity index (χ3n) is 6.93. The van der Waals surface area contributed by atoms with Crippen molar-refractivity contribution in [2.24, 2.45) is 11.7 Å². The molecule has 3 aromatic rings. The Morgan fingerprint density at radius 1 is 1.14 bits per heavy atom. The molecule has 0 saturated heterocycles. The Labute approximate surface area is 211 Å². The predicted molar refractivity (Wildman–Crippen MR) is 132 cm³/mol. The summed E-state index contributed by atoms with van der Waals surface area (Å²) in [6, 6.07) is 2.46. The number of aromatic nitrogens is 4. The second-order valence-corrected chi connectivity index (χ2v) is 10.1. The summed E-state index contributed by atoms with van der Waals surface area (Å²) in [5, 5.41) is 16.7. The van der Waals surface area contributed by atoms with Gasteiger partial charge in [-0.15, -0.1) is 0 Å². The maximum atomic E-state index is 14.7. The number of rotatable bonds is 6. The molecule has 9 nitrogen and oxygen atoms in total. The van der Waals surface area contributed by atoms with Crippen molar-refractivity contribution in [3.05, 3.63) is 34.2 Å². The van der Waals surface area contributed by atoms with Crippen LogP contribution in [0.5, 0.6) is 0 Å². The lowest BCUT2D eigenvalue weighted by molar-refractivity contribution is -0.122. The highest BCUT2D eigenvalue weighted by Crippen LogP contribution is 2.38. The first-order chi connectivity index (χ1) is 16.8. The second-order valence-electron chi connectivity index (χ2n) is 9.23. The molecular weight excluding hydrogens is 496 g/mol. The Bertz CT molecular complexity index is 1240. The van der Waals surface area contributed by atoms with Crippen molar-refractivity contribution in [3.63, 3.8) is 0 Å². The number of fused-ring (bicyclic) bond motifs is 1. The fourth-order valence-electron chi connectivity index (χ4n) is 5.06. The molecule has 2 aliphatic rings. The molecule has 0 radical (unpaired) electrons. The van der Waals surface area contributed by atoms with Gasteiger partial charge < -0.3 is 21.5 Å². The van der Waals surface area contributed by atoms with Crippen molar-refractivity contribution in [2.75, 3.05) is 10.6 Å². The fraction of sp³-hybridized carbons (Fsp3) is 0.478. The Hall–Kier alpha value is -2.69. The van der Waals surface area contributed by atoms with Gasteiger partial charge in [-0.2, -0.15) is 4.98 Å². The summed E-state index contributed by atoms with van der Waals surface area (Å²) in [6.07, 6.45) is 6.29. The van der Waals surface area contributed by atoms with E-state index in [9.17, 15) is 14.3 Å². The quantitative estimate of drug-likeness (QED) is 0.373. The maximum Gasteiger partial charge on any atom is 0.225 e. The molecule has 2 heterocycles.